The minimum Gasteiger partial charge on any atom is -0.397 e. The Morgan fingerprint density at radius 1 is 1.14 bits per heavy atom. The second kappa shape index (κ2) is 9.10. The smallest absolute Gasteiger partial charge is 0.224 e. The van der Waals surface area contributed by atoms with Gasteiger partial charge < -0.3 is 11.1 Å². The average molecular weight is 294 g/mol. The van der Waals surface area contributed by atoms with Crippen LogP contribution in [0.15, 0.2) is 18.2 Å². The second-order valence-corrected chi connectivity index (χ2v) is 5.13. The Kier molecular flexibility index (Phi) is 7.43. The van der Waals surface area contributed by atoms with Crippen LogP contribution in [0.5, 0.6) is 0 Å². The van der Waals surface area contributed by atoms with Crippen molar-refractivity contribution in [3.63, 3.8) is 0 Å². The van der Waals surface area contributed by atoms with Gasteiger partial charge in [-0.3, -0.25) is 9.59 Å². The zero-order valence-electron chi connectivity index (χ0n) is 12.5. The lowest BCUT2D eigenvalue weighted by atomic mass is 10.1. The molecule has 1 rings (SSSR count). The van der Waals surface area contributed by atoms with E-state index in [1.54, 1.807) is 0 Å². The van der Waals surface area contributed by atoms with E-state index in [-0.39, 0.29) is 11.6 Å². The van der Waals surface area contributed by atoms with Crippen molar-refractivity contribution in [3.8, 4) is 0 Å². The van der Waals surface area contributed by atoms with E-state index in [0.717, 1.165) is 25.7 Å². The first-order valence-corrected chi connectivity index (χ1v) is 7.39. The maximum absolute atomic E-state index is 12.9. The van der Waals surface area contributed by atoms with E-state index < -0.39 is 5.82 Å². The van der Waals surface area contributed by atoms with Gasteiger partial charge in [-0.1, -0.05) is 13.3 Å². The summed E-state index contributed by atoms with van der Waals surface area (Å²) >= 11 is 0. The Bertz CT molecular complexity index is 489. The molecular formula is C16H23FN2O2. The Hall–Kier alpha value is -1.91. The zero-order chi connectivity index (χ0) is 15.7. The van der Waals surface area contributed by atoms with Gasteiger partial charge in [0.2, 0.25) is 5.91 Å². The van der Waals surface area contributed by atoms with E-state index in [1.807, 2.05) is 6.92 Å². The van der Waals surface area contributed by atoms with Gasteiger partial charge in [-0.25, -0.2) is 4.39 Å². The van der Waals surface area contributed by atoms with Gasteiger partial charge in [0.05, 0.1) is 11.4 Å². The van der Waals surface area contributed by atoms with Crippen LogP contribution in [0.3, 0.4) is 0 Å². The van der Waals surface area contributed by atoms with Crippen molar-refractivity contribution in [2.75, 3.05) is 11.1 Å². The van der Waals surface area contributed by atoms with Crippen LogP contribution < -0.4 is 11.1 Å². The molecule has 21 heavy (non-hydrogen) atoms. The number of nitrogen functional groups attached to an aromatic ring is 1. The highest BCUT2D eigenvalue weighted by molar-refractivity contribution is 5.93. The Morgan fingerprint density at radius 3 is 2.52 bits per heavy atom. The van der Waals surface area contributed by atoms with Gasteiger partial charge in [0.15, 0.2) is 0 Å². The molecule has 0 saturated heterocycles. The number of carbonyl (C=O) groups is 2. The molecule has 0 radical (unpaired) electrons. The van der Waals surface area contributed by atoms with Gasteiger partial charge in [-0.2, -0.15) is 0 Å². The average Bonchev–Trinajstić information content (AvgIpc) is 2.42. The van der Waals surface area contributed by atoms with Crippen molar-refractivity contribution < 1.29 is 14.0 Å². The van der Waals surface area contributed by atoms with Crippen LogP contribution in [0, 0.1) is 5.82 Å². The van der Waals surface area contributed by atoms with Crippen molar-refractivity contribution in [2.45, 2.75) is 51.9 Å². The SMILES string of the molecule is CCCC(=O)CCCCCC(=O)Nc1ccc(F)cc1N. The lowest BCUT2D eigenvalue weighted by Crippen LogP contribution is -2.12. The topological polar surface area (TPSA) is 72.2 Å². The van der Waals surface area contributed by atoms with Gasteiger partial charge in [-0.05, 0) is 37.5 Å². The van der Waals surface area contributed by atoms with Crippen LogP contribution in [0.25, 0.3) is 0 Å². The number of benzene rings is 1. The summed E-state index contributed by atoms with van der Waals surface area (Å²) in [5, 5.41) is 2.66. The first kappa shape index (κ1) is 17.1. The first-order valence-electron chi connectivity index (χ1n) is 7.39. The van der Waals surface area contributed by atoms with E-state index in [1.165, 1.54) is 18.2 Å². The van der Waals surface area contributed by atoms with Crippen molar-refractivity contribution in [1.29, 1.82) is 0 Å². The molecule has 0 aliphatic rings. The molecule has 4 nitrogen and oxygen atoms in total. The van der Waals surface area contributed by atoms with E-state index in [2.05, 4.69) is 5.32 Å². The van der Waals surface area contributed by atoms with E-state index in [4.69, 9.17) is 5.73 Å². The Balaban J connectivity index is 2.21. The van der Waals surface area contributed by atoms with E-state index >= 15 is 0 Å². The molecule has 116 valence electrons. The Labute approximate surface area is 124 Å². The standard InChI is InChI=1S/C16H23FN2O2/c1-2-6-13(20)7-4-3-5-8-16(21)19-15-10-9-12(17)11-14(15)18/h9-11H,2-8,18H2,1H3,(H,19,21). The van der Waals surface area contributed by atoms with Crippen LogP contribution >= 0.6 is 0 Å². The lowest BCUT2D eigenvalue weighted by Gasteiger charge is -2.08. The third-order valence-corrected chi connectivity index (χ3v) is 3.18. The molecule has 0 aromatic heterocycles. The molecular weight excluding hydrogens is 271 g/mol. The fourth-order valence-corrected chi connectivity index (χ4v) is 2.05. The Morgan fingerprint density at radius 2 is 1.86 bits per heavy atom. The molecule has 3 N–H and O–H groups in total. The highest BCUT2D eigenvalue weighted by Gasteiger charge is 2.06. The predicted octanol–water partition coefficient (Wildman–Crippen LogP) is 3.67. The summed E-state index contributed by atoms with van der Waals surface area (Å²) in [6.45, 7) is 1.99. The van der Waals surface area contributed by atoms with E-state index in [9.17, 15) is 14.0 Å². The number of Topliss-reactive ketones (excluding diaryl/α,β-unsaturated/α-hetero) is 1. The quantitative estimate of drug-likeness (QED) is 0.539. The van der Waals surface area contributed by atoms with Crippen LogP contribution in [0.2, 0.25) is 0 Å². The molecule has 0 fully saturated rings. The summed E-state index contributed by atoms with van der Waals surface area (Å²) in [6, 6.07) is 3.88. The van der Waals surface area contributed by atoms with Crippen LogP contribution in [0.4, 0.5) is 15.8 Å². The number of hydrogen-bond donors (Lipinski definition) is 2. The summed E-state index contributed by atoms with van der Waals surface area (Å²) in [6.07, 6.45) is 4.91. The summed E-state index contributed by atoms with van der Waals surface area (Å²) in [7, 11) is 0. The first-order chi connectivity index (χ1) is 10.0. The monoisotopic (exact) mass is 294 g/mol. The molecule has 0 saturated carbocycles. The highest BCUT2D eigenvalue weighted by atomic mass is 19.1. The number of nitrogens with two attached hydrogens (primary N) is 1. The summed E-state index contributed by atoms with van der Waals surface area (Å²) in [5.41, 5.74) is 6.26. The van der Waals surface area contributed by atoms with Gasteiger partial charge in [0, 0.05) is 19.3 Å². The van der Waals surface area contributed by atoms with Gasteiger partial charge in [0.25, 0.3) is 0 Å². The fraction of sp³-hybridized carbons (Fsp3) is 0.500. The molecule has 1 aromatic carbocycles. The maximum atomic E-state index is 12.9. The maximum Gasteiger partial charge on any atom is 0.224 e. The third kappa shape index (κ3) is 6.88. The fourth-order valence-electron chi connectivity index (χ4n) is 2.05. The zero-order valence-corrected chi connectivity index (χ0v) is 12.5. The van der Waals surface area contributed by atoms with E-state index in [0.29, 0.717) is 30.7 Å². The molecule has 0 atom stereocenters. The normalized spacial score (nSPS) is 10.4. The summed E-state index contributed by atoms with van der Waals surface area (Å²) in [5.74, 6) is -0.281. The van der Waals surface area contributed by atoms with Gasteiger partial charge in [-0.15, -0.1) is 0 Å². The highest BCUT2D eigenvalue weighted by Crippen LogP contribution is 2.19. The minimum absolute atomic E-state index is 0.145. The number of hydrogen-bond acceptors (Lipinski definition) is 3. The lowest BCUT2D eigenvalue weighted by molar-refractivity contribution is -0.119. The minimum atomic E-state index is -0.428. The summed E-state index contributed by atoms with van der Waals surface area (Å²) in [4.78, 5) is 23.0. The third-order valence-electron chi connectivity index (χ3n) is 3.18. The number of anilines is 2. The molecule has 0 aliphatic carbocycles. The number of halogens is 1. The summed E-state index contributed by atoms with van der Waals surface area (Å²) < 4.78 is 12.9. The molecule has 0 bridgehead atoms. The molecule has 0 unspecified atom stereocenters. The second-order valence-electron chi connectivity index (χ2n) is 5.13. The number of amides is 1. The van der Waals surface area contributed by atoms with Gasteiger partial charge in [0.1, 0.15) is 11.6 Å². The molecule has 0 aliphatic heterocycles. The van der Waals surface area contributed by atoms with Crippen LogP contribution in [-0.2, 0) is 9.59 Å². The predicted molar refractivity (Wildman–Crippen MR) is 82.4 cm³/mol. The van der Waals surface area contributed by atoms with Crippen LogP contribution in [0.1, 0.15) is 51.9 Å². The molecule has 5 heteroatoms. The number of ketones is 1. The van der Waals surface area contributed by atoms with Gasteiger partial charge >= 0.3 is 0 Å². The molecule has 0 heterocycles. The number of unbranched alkanes of at least 4 members (excludes halogenated alkanes) is 2. The van der Waals surface area contributed by atoms with Crippen molar-refractivity contribution in [1.82, 2.24) is 0 Å². The van der Waals surface area contributed by atoms with Crippen molar-refractivity contribution >= 4 is 23.1 Å². The molecule has 1 aromatic rings. The molecule has 0 spiro atoms. The van der Waals surface area contributed by atoms with Crippen molar-refractivity contribution in [2.24, 2.45) is 0 Å². The number of carbonyl (C=O) groups excluding carboxylic acids is 2. The van der Waals surface area contributed by atoms with Crippen LogP contribution in [-0.4, -0.2) is 11.7 Å². The van der Waals surface area contributed by atoms with Crippen molar-refractivity contribution in [3.05, 3.63) is 24.0 Å². The number of nitrogens with one attached hydrogen (secondary N) is 1. The molecule has 1 amide bonds. The largest absolute Gasteiger partial charge is 0.397 e. The number of rotatable bonds is 9.